The van der Waals surface area contributed by atoms with Crippen molar-refractivity contribution in [3.8, 4) is 0 Å². The van der Waals surface area contributed by atoms with Crippen LogP contribution < -0.4 is 5.32 Å². The van der Waals surface area contributed by atoms with Crippen LogP contribution in [-0.4, -0.2) is 36.5 Å². The predicted octanol–water partition coefficient (Wildman–Crippen LogP) is 3.04. The van der Waals surface area contributed by atoms with E-state index >= 15 is 0 Å². The number of carbonyl (C=O) groups is 1. The Morgan fingerprint density at radius 1 is 1.14 bits per heavy atom. The van der Waals surface area contributed by atoms with Crippen LogP contribution in [0.4, 0.5) is 0 Å². The molecule has 4 heteroatoms. The molecule has 22 heavy (non-hydrogen) atoms. The molecule has 1 amide bonds. The van der Waals surface area contributed by atoms with E-state index in [9.17, 15) is 4.79 Å². The van der Waals surface area contributed by atoms with Gasteiger partial charge in [-0.05, 0) is 80.8 Å². The molecule has 1 aromatic rings. The summed E-state index contributed by atoms with van der Waals surface area (Å²) in [6, 6.07) is 4.14. The highest BCUT2D eigenvalue weighted by molar-refractivity contribution is 6.31. The lowest BCUT2D eigenvalue weighted by molar-refractivity contribution is 0.0620. The van der Waals surface area contributed by atoms with Gasteiger partial charge >= 0.3 is 0 Å². The molecule has 118 valence electrons. The fourth-order valence-electron chi connectivity index (χ4n) is 4.41. The molecule has 0 spiro atoms. The summed E-state index contributed by atoms with van der Waals surface area (Å²) in [6.07, 6.45) is 6.78. The number of hydrogen-bond acceptors (Lipinski definition) is 2. The van der Waals surface area contributed by atoms with Crippen LogP contribution in [0.5, 0.6) is 0 Å². The molecular weight excluding hydrogens is 296 g/mol. The monoisotopic (exact) mass is 318 g/mol. The Morgan fingerprint density at radius 2 is 1.86 bits per heavy atom. The largest absolute Gasteiger partial charge is 0.348 e. The molecule has 3 nitrogen and oxygen atoms in total. The highest BCUT2D eigenvalue weighted by Crippen LogP contribution is 2.31. The van der Waals surface area contributed by atoms with Crippen LogP contribution in [0.15, 0.2) is 12.1 Å². The van der Waals surface area contributed by atoms with E-state index in [1.807, 2.05) is 12.1 Å². The smallest absolute Gasteiger partial charge is 0.251 e. The summed E-state index contributed by atoms with van der Waals surface area (Å²) < 4.78 is 0. The van der Waals surface area contributed by atoms with Crippen LogP contribution in [0.1, 0.15) is 47.2 Å². The third kappa shape index (κ3) is 2.55. The number of amides is 1. The Hall–Kier alpha value is -1.06. The van der Waals surface area contributed by atoms with Crippen molar-refractivity contribution in [3.05, 3.63) is 33.8 Å². The minimum Gasteiger partial charge on any atom is -0.348 e. The highest BCUT2D eigenvalue weighted by Gasteiger charge is 2.35. The summed E-state index contributed by atoms with van der Waals surface area (Å²) >= 11 is 6.32. The van der Waals surface area contributed by atoms with Crippen LogP contribution in [0.25, 0.3) is 0 Å². The molecule has 3 aliphatic heterocycles. The molecule has 0 aromatic heterocycles. The maximum absolute atomic E-state index is 12.8. The fourth-order valence-corrected chi connectivity index (χ4v) is 4.68. The second kappa shape index (κ2) is 5.86. The Balaban J connectivity index is 1.56. The molecule has 0 radical (unpaired) electrons. The first kappa shape index (κ1) is 14.5. The standard InChI is InChI=1S/C18H23ClN2O/c19-16-6-5-15(13-3-1-2-4-14(13)16)18(22)20-17-11-21-9-7-12(17)8-10-21/h5-6,12,17H,1-4,7-11H2,(H,20,22). The number of rotatable bonds is 2. The van der Waals surface area contributed by atoms with Gasteiger partial charge in [0, 0.05) is 23.2 Å². The second-order valence-corrected chi connectivity index (χ2v) is 7.38. The summed E-state index contributed by atoms with van der Waals surface area (Å²) in [5, 5.41) is 4.14. The average Bonchev–Trinajstić information content (AvgIpc) is 2.56. The summed E-state index contributed by atoms with van der Waals surface area (Å²) in [6.45, 7) is 3.42. The molecule has 5 rings (SSSR count). The molecule has 3 heterocycles. The van der Waals surface area contributed by atoms with Crippen LogP contribution >= 0.6 is 11.6 Å². The fraction of sp³-hybridized carbons (Fsp3) is 0.611. The van der Waals surface area contributed by atoms with Crippen LogP contribution in [0.2, 0.25) is 5.02 Å². The van der Waals surface area contributed by atoms with E-state index in [0.29, 0.717) is 12.0 Å². The van der Waals surface area contributed by atoms with Crippen molar-refractivity contribution in [1.29, 1.82) is 0 Å². The van der Waals surface area contributed by atoms with E-state index in [1.54, 1.807) is 0 Å². The quantitative estimate of drug-likeness (QED) is 0.909. The van der Waals surface area contributed by atoms with Crippen LogP contribution in [0.3, 0.4) is 0 Å². The van der Waals surface area contributed by atoms with Gasteiger partial charge in [-0.15, -0.1) is 0 Å². The zero-order chi connectivity index (χ0) is 15.1. The minimum atomic E-state index is 0.105. The van der Waals surface area contributed by atoms with Gasteiger partial charge in [0.1, 0.15) is 0 Å². The molecular formula is C18H23ClN2O. The molecule has 1 atom stereocenters. The van der Waals surface area contributed by atoms with Crippen LogP contribution in [0, 0.1) is 5.92 Å². The van der Waals surface area contributed by atoms with Gasteiger partial charge in [0.2, 0.25) is 0 Å². The van der Waals surface area contributed by atoms with Gasteiger partial charge in [0.05, 0.1) is 0 Å². The first-order valence-corrected chi connectivity index (χ1v) is 8.93. The van der Waals surface area contributed by atoms with Crippen molar-refractivity contribution in [3.63, 3.8) is 0 Å². The number of piperidine rings is 3. The van der Waals surface area contributed by atoms with Gasteiger partial charge in [-0.2, -0.15) is 0 Å². The summed E-state index contributed by atoms with van der Waals surface area (Å²) in [4.78, 5) is 15.3. The van der Waals surface area contributed by atoms with Crippen molar-refractivity contribution < 1.29 is 4.79 Å². The van der Waals surface area contributed by atoms with E-state index in [4.69, 9.17) is 11.6 Å². The van der Waals surface area contributed by atoms with Gasteiger partial charge in [-0.25, -0.2) is 0 Å². The Morgan fingerprint density at radius 3 is 2.55 bits per heavy atom. The summed E-state index contributed by atoms with van der Waals surface area (Å²) in [5.41, 5.74) is 3.25. The minimum absolute atomic E-state index is 0.105. The van der Waals surface area contributed by atoms with Gasteiger partial charge in [0.25, 0.3) is 5.91 Å². The zero-order valence-electron chi connectivity index (χ0n) is 12.9. The van der Waals surface area contributed by atoms with Gasteiger partial charge in [-0.3, -0.25) is 4.79 Å². The second-order valence-electron chi connectivity index (χ2n) is 6.98. The lowest BCUT2D eigenvalue weighted by Crippen LogP contribution is -2.57. The molecule has 1 unspecified atom stereocenters. The number of hydrogen-bond donors (Lipinski definition) is 1. The maximum Gasteiger partial charge on any atom is 0.251 e. The number of nitrogens with one attached hydrogen (secondary N) is 1. The third-order valence-corrected chi connectivity index (χ3v) is 6.05. The molecule has 0 saturated carbocycles. The number of halogens is 1. The molecule has 2 bridgehead atoms. The van der Waals surface area contributed by atoms with Crippen molar-refractivity contribution in [2.75, 3.05) is 19.6 Å². The van der Waals surface area contributed by atoms with E-state index < -0.39 is 0 Å². The maximum atomic E-state index is 12.8. The topological polar surface area (TPSA) is 32.3 Å². The van der Waals surface area contributed by atoms with Crippen molar-refractivity contribution in [2.24, 2.45) is 5.92 Å². The predicted molar refractivity (Wildman–Crippen MR) is 88.5 cm³/mol. The molecule has 3 saturated heterocycles. The van der Waals surface area contributed by atoms with E-state index in [2.05, 4.69) is 10.2 Å². The zero-order valence-corrected chi connectivity index (χ0v) is 13.7. The highest BCUT2D eigenvalue weighted by atomic mass is 35.5. The molecule has 3 fully saturated rings. The van der Waals surface area contributed by atoms with E-state index in [1.165, 1.54) is 43.5 Å². The normalized spacial score (nSPS) is 30.0. The Bertz CT molecular complexity index is 593. The van der Waals surface area contributed by atoms with Gasteiger partial charge in [-0.1, -0.05) is 11.6 Å². The molecule has 1 aliphatic carbocycles. The average molecular weight is 319 g/mol. The number of fused-ring (bicyclic) bond motifs is 4. The first-order valence-electron chi connectivity index (χ1n) is 8.56. The van der Waals surface area contributed by atoms with Crippen molar-refractivity contribution in [2.45, 2.75) is 44.6 Å². The number of nitrogens with zero attached hydrogens (tertiary/aromatic N) is 1. The molecule has 1 aromatic carbocycles. The Labute approximate surface area is 137 Å². The van der Waals surface area contributed by atoms with Gasteiger partial charge in [0.15, 0.2) is 0 Å². The number of benzene rings is 1. The van der Waals surface area contributed by atoms with E-state index in [0.717, 1.165) is 36.4 Å². The SMILES string of the molecule is O=C(NC1CN2CCC1CC2)c1ccc(Cl)c2c1CCCC2. The Kier molecular flexibility index (Phi) is 3.87. The van der Waals surface area contributed by atoms with Crippen LogP contribution in [-0.2, 0) is 12.8 Å². The summed E-state index contributed by atoms with van der Waals surface area (Å²) in [5.74, 6) is 0.769. The van der Waals surface area contributed by atoms with Crippen molar-refractivity contribution >= 4 is 17.5 Å². The first-order chi connectivity index (χ1) is 10.7. The molecule has 4 aliphatic rings. The van der Waals surface area contributed by atoms with E-state index in [-0.39, 0.29) is 5.91 Å². The lowest BCUT2D eigenvalue weighted by Gasteiger charge is -2.45. The van der Waals surface area contributed by atoms with Gasteiger partial charge < -0.3 is 10.2 Å². The number of carbonyl (C=O) groups excluding carboxylic acids is 1. The lowest BCUT2D eigenvalue weighted by atomic mass is 9.83. The molecule has 1 N–H and O–H groups in total. The summed E-state index contributed by atoms with van der Waals surface area (Å²) in [7, 11) is 0. The van der Waals surface area contributed by atoms with Crippen molar-refractivity contribution in [1.82, 2.24) is 10.2 Å². The third-order valence-electron chi connectivity index (χ3n) is 5.69.